The SMILES string of the molecule is N#Cc1ccc(Cl)c(Nc2ccc(N)cc2S(N)(=O)=O)c1. The summed E-state index contributed by atoms with van der Waals surface area (Å²) in [6.07, 6.45) is 0. The Balaban J connectivity index is 2.53. The Morgan fingerprint density at radius 2 is 1.86 bits per heavy atom. The van der Waals surface area contributed by atoms with Crippen LogP contribution in [0.3, 0.4) is 0 Å². The highest BCUT2D eigenvalue weighted by Crippen LogP contribution is 2.30. The predicted molar refractivity (Wildman–Crippen MR) is 81.7 cm³/mol. The molecule has 8 heteroatoms. The lowest BCUT2D eigenvalue weighted by Gasteiger charge is -2.13. The van der Waals surface area contributed by atoms with Crippen LogP contribution in [-0.2, 0) is 10.0 Å². The van der Waals surface area contributed by atoms with Gasteiger partial charge in [-0.2, -0.15) is 5.26 Å². The first-order valence-electron chi connectivity index (χ1n) is 5.70. The molecule has 2 rings (SSSR count). The second-order valence-corrected chi connectivity index (χ2v) is 6.17. The van der Waals surface area contributed by atoms with Gasteiger partial charge in [-0.15, -0.1) is 0 Å². The fourth-order valence-electron chi connectivity index (χ4n) is 1.71. The van der Waals surface area contributed by atoms with Crippen molar-refractivity contribution in [1.29, 1.82) is 5.26 Å². The Hall–Kier alpha value is -2.27. The minimum Gasteiger partial charge on any atom is -0.399 e. The van der Waals surface area contributed by atoms with Gasteiger partial charge in [0.05, 0.1) is 28.0 Å². The van der Waals surface area contributed by atoms with E-state index in [4.69, 9.17) is 27.7 Å². The Labute approximate surface area is 127 Å². The third-order valence-electron chi connectivity index (χ3n) is 2.68. The first-order chi connectivity index (χ1) is 9.81. The summed E-state index contributed by atoms with van der Waals surface area (Å²) < 4.78 is 23.2. The molecule has 0 amide bonds. The molecule has 2 aromatic rings. The summed E-state index contributed by atoms with van der Waals surface area (Å²) in [5, 5.41) is 17.2. The predicted octanol–water partition coefficient (Wildman–Crippen LogP) is 2.18. The number of benzene rings is 2. The highest BCUT2D eigenvalue weighted by Gasteiger charge is 2.15. The molecule has 6 nitrogen and oxygen atoms in total. The maximum absolute atomic E-state index is 11.6. The number of nitriles is 1. The number of hydrogen-bond donors (Lipinski definition) is 3. The topological polar surface area (TPSA) is 122 Å². The molecule has 0 spiro atoms. The Morgan fingerprint density at radius 1 is 1.14 bits per heavy atom. The lowest BCUT2D eigenvalue weighted by atomic mass is 10.2. The fraction of sp³-hybridized carbons (Fsp3) is 0. The van der Waals surface area contributed by atoms with E-state index in [0.717, 1.165) is 0 Å². The van der Waals surface area contributed by atoms with Gasteiger partial charge in [0.15, 0.2) is 0 Å². The molecule has 0 aliphatic heterocycles. The Morgan fingerprint density at radius 3 is 2.48 bits per heavy atom. The molecule has 0 saturated carbocycles. The Bertz CT molecular complexity index is 844. The molecule has 0 aliphatic rings. The summed E-state index contributed by atoms with van der Waals surface area (Å²) in [7, 11) is -3.96. The molecule has 0 atom stereocenters. The van der Waals surface area contributed by atoms with Gasteiger partial charge < -0.3 is 11.1 Å². The van der Waals surface area contributed by atoms with Crippen LogP contribution in [0.5, 0.6) is 0 Å². The molecule has 0 saturated heterocycles. The third-order valence-corrected chi connectivity index (χ3v) is 3.96. The zero-order valence-corrected chi connectivity index (χ0v) is 12.2. The molecule has 0 radical (unpaired) electrons. The standard InChI is InChI=1S/C13H11ClN4O2S/c14-10-3-1-8(7-15)5-12(10)18-11-4-2-9(16)6-13(11)21(17,19)20/h1-6,18H,16H2,(H2,17,19,20). The average molecular weight is 323 g/mol. The number of nitrogens with one attached hydrogen (secondary N) is 1. The van der Waals surface area contributed by atoms with E-state index in [1.165, 1.54) is 30.3 Å². The monoisotopic (exact) mass is 322 g/mol. The van der Waals surface area contributed by atoms with Gasteiger partial charge in [0, 0.05) is 5.69 Å². The molecule has 0 aromatic heterocycles. The minimum atomic E-state index is -3.96. The number of anilines is 3. The number of rotatable bonds is 3. The normalized spacial score (nSPS) is 10.9. The van der Waals surface area contributed by atoms with Crippen molar-refractivity contribution in [2.24, 2.45) is 5.14 Å². The van der Waals surface area contributed by atoms with Crippen molar-refractivity contribution >= 4 is 38.7 Å². The van der Waals surface area contributed by atoms with Crippen molar-refractivity contribution in [1.82, 2.24) is 0 Å². The quantitative estimate of drug-likeness (QED) is 0.747. The van der Waals surface area contributed by atoms with Crippen LogP contribution in [0.25, 0.3) is 0 Å². The maximum atomic E-state index is 11.6. The van der Waals surface area contributed by atoms with E-state index in [9.17, 15) is 8.42 Å². The number of hydrogen-bond acceptors (Lipinski definition) is 5. The van der Waals surface area contributed by atoms with Crippen LogP contribution < -0.4 is 16.2 Å². The van der Waals surface area contributed by atoms with Crippen LogP contribution in [0.15, 0.2) is 41.3 Å². The van der Waals surface area contributed by atoms with Gasteiger partial charge in [0.1, 0.15) is 4.90 Å². The zero-order valence-electron chi connectivity index (χ0n) is 10.7. The zero-order chi connectivity index (χ0) is 15.6. The largest absolute Gasteiger partial charge is 0.399 e. The molecule has 0 bridgehead atoms. The number of primary sulfonamides is 1. The van der Waals surface area contributed by atoms with Crippen molar-refractivity contribution in [3.8, 4) is 6.07 Å². The van der Waals surface area contributed by atoms with E-state index in [-0.39, 0.29) is 16.3 Å². The highest BCUT2D eigenvalue weighted by atomic mass is 35.5. The van der Waals surface area contributed by atoms with Gasteiger partial charge in [0.2, 0.25) is 10.0 Å². The second kappa shape index (κ2) is 5.61. The van der Waals surface area contributed by atoms with Gasteiger partial charge in [-0.05, 0) is 36.4 Å². The van der Waals surface area contributed by atoms with Crippen molar-refractivity contribution in [3.05, 3.63) is 47.0 Å². The van der Waals surface area contributed by atoms with E-state index in [1.807, 2.05) is 6.07 Å². The summed E-state index contributed by atoms with van der Waals surface area (Å²) in [6, 6.07) is 10.8. The molecule has 0 aliphatic carbocycles. The van der Waals surface area contributed by atoms with Crippen LogP contribution in [-0.4, -0.2) is 8.42 Å². The van der Waals surface area contributed by atoms with Crippen molar-refractivity contribution < 1.29 is 8.42 Å². The van der Waals surface area contributed by atoms with E-state index in [2.05, 4.69) is 5.32 Å². The lowest BCUT2D eigenvalue weighted by Crippen LogP contribution is -2.14. The summed E-state index contributed by atoms with van der Waals surface area (Å²) in [4.78, 5) is -0.152. The summed E-state index contributed by atoms with van der Waals surface area (Å²) in [6.45, 7) is 0. The number of nitrogens with zero attached hydrogens (tertiary/aromatic N) is 1. The van der Waals surface area contributed by atoms with Gasteiger partial charge >= 0.3 is 0 Å². The molecule has 5 N–H and O–H groups in total. The number of halogens is 1. The molecule has 0 heterocycles. The molecule has 21 heavy (non-hydrogen) atoms. The second-order valence-electron chi connectivity index (χ2n) is 4.23. The van der Waals surface area contributed by atoms with E-state index in [0.29, 0.717) is 16.3 Å². The van der Waals surface area contributed by atoms with Crippen molar-refractivity contribution in [2.75, 3.05) is 11.1 Å². The van der Waals surface area contributed by atoms with Gasteiger partial charge in [-0.1, -0.05) is 11.6 Å². The molecular weight excluding hydrogens is 312 g/mol. The molecule has 2 aromatic carbocycles. The summed E-state index contributed by atoms with van der Waals surface area (Å²) in [5.41, 5.74) is 6.84. The van der Waals surface area contributed by atoms with Crippen LogP contribution in [0.4, 0.5) is 17.1 Å². The van der Waals surface area contributed by atoms with E-state index in [1.54, 1.807) is 6.07 Å². The summed E-state index contributed by atoms with van der Waals surface area (Å²) >= 11 is 6.02. The Kier molecular flexibility index (Phi) is 4.04. The first-order valence-corrected chi connectivity index (χ1v) is 7.62. The highest BCUT2D eigenvalue weighted by molar-refractivity contribution is 7.89. The molecule has 0 unspecified atom stereocenters. The summed E-state index contributed by atoms with van der Waals surface area (Å²) in [5.74, 6) is 0. The molecule has 108 valence electrons. The average Bonchev–Trinajstić information content (AvgIpc) is 2.42. The van der Waals surface area contributed by atoms with Crippen LogP contribution in [0.1, 0.15) is 5.56 Å². The number of nitrogens with two attached hydrogens (primary N) is 2. The van der Waals surface area contributed by atoms with Crippen LogP contribution >= 0.6 is 11.6 Å². The van der Waals surface area contributed by atoms with Gasteiger partial charge in [0.25, 0.3) is 0 Å². The smallest absolute Gasteiger partial charge is 0.240 e. The molecule has 0 fully saturated rings. The maximum Gasteiger partial charge on any atom is 0.240 e. The molecular formula is C13H11ClN4O2S. The first kappa shape index (κ1) is 15.1. The van der Waals surface area contributed by atoms with Gasteiger partial charge in [-0.25, -0.2) is 13.6 Å². The minimum absolute atomic E-state index is 0.152. The van der Waals surface area contributed by atoms with Crippen molar-refractivity contribution in [2.45, 2.75) is 4.90 Å². The van der Waals surface area contributed by atoms with Crippen LogP contribution in [0.2, 0.25) is 5.02 Å². The number of sulfonamides is 1. The number of nitrogen functional groups attached to an aromatic ring is 1. The fourth-order valence-corrected chi connectivity index (χ4v) is 2.60. The lowest BCUT2D eigenvalue weighted by molar-refractivity contribution is 0.598. The van der Waals surface area contributed by atoms with Crippen molar-refractivity contribution in [3.63, 3.8) is 0 Å². The van der Waals surface area contributed by atoms with E-state index >= 15 is 0 Å². The van der Waals surface area contributed by atoms with Crippen LogP contribution in [0, 0.1) is 11.3 Å². The third kappa shape index (κ3) is 3.44. The van der Waals surface area contributed by atoms with E-state index < -0.39 is 10.0 Å². The van der Waals surface area contributed by atoms with Gasteiger partial charge in [-0.3, -0.25) is 0 Å².